The minimum Gasteiger partial charge on any atom is -0.457 e. The first-order valence-corrected chi connectivity index (χ1v) is 8.56. The van der Waals surface area contributed by atoms with Crippen LogP contribution in [0.5, 0.6) is 0 Å². The number of ether oxygens (including phenoxy) is 2. The van der Waals surface area contributed by atoms with Gasteiger partial charge in [-0.3, -0.25) is 0 Å². The van der Waals surface area contributed by atoms with Crippen molar-refractivity contribution in [1.82, 2.24) is 14.8 Å². The first kappa shape index (κ1) is 16.5. The van der Waals surface area contributed by atoms with Gasteiger partial charge in [0.1, 0.15) is 19.0 Å². The average molecular weight is 349 g/mol. The summed E-state index contributed by atoms with van der Waals surface area (Å²) < 4.78 is 12.4. The quantitative estimate of drug-likeness (QED) is 0.640. The number of carbonyl (C=O) groups is 1. The summed E-state index contributed by atoms with van der Waals surface area (Å²) in [4.78, 5) is 16.5. The maximum Gasteiger partial charge on any atom is 0.338 e. The maximum absolute atomic E-state index is 12.1. The fourth-order valence-corrected chi connectivity index (χ4v) is 2.69. The Morgan fingerprint density at radius 1 is 1.08 bits per heavy atom. The predicted octanol–water partition coefficient (Wildman–Crippen LogP) is 2.80. The normalized spacial score (nSPS) is 14.0. The summed E-state index contributed by atoms with van der Waals surface area (Å²) in [6.07, 6.45) is 2.37. The molecule has 132 valence electrons. The van der Waals surface area contributed by atoms with E-state index >= 15 is 0 Å². The Hall–Kier alpha value is -2.99. The average Bonchev–Trinajstić information content (AvgIpc) is 3.07. The van der Waals surface area contributed by atoms with Gasteiger partial charge in [0.05, 0.1) is 18.8 Å². The van der Waals surface area contributed by atoms with Gasteiger partial charge in [-0.1, -0.05) is 42.5 Å². The number of hydrogen-bond donors (Lipinski definition) is 0. The number of benzene rings is 2. The predicted molar refractivity (Wildman–Crippen MR) is 94.7 cm³/mol. The van der Waals surface area contributed by atoms with Gasteiger partial charge in [0.25, 0.3) is 0 Å². The number of aromatic nitrogens is 3. The van der Waals surface area contributed by atoms with E-state index in [9.17, 15) is 4.79 Å². The summed E-state index contributed by atoms with van der Waals surface area (Å²) in [5, 5.41) is 4.48. The second-order valence-electron chi connectivity index (χ2n) is 6.27. The van der Waals surface area contributed by atoms with Gasteiger partial charge < -0.3 is 9.47 Å². The molecule has 1 saturated heterocycles. The molecular weight excluding hydrogens is 330 g/mol. The maximum atomic E-state index is 12.1. The molecule has 3 aromatic rings. The van der Waals surface area contributed by atoms with Crippen LogP contribution in [-0.2, 0) is 22.5 Å². The molecule has 0 amide bonds. The van der Waals surface area contributed by atoms with Gasteiger partial charge in [0, 0.05) is 6.42 Å². The summed E-state index contributed by atoms with van der Waals surface area (Å²) in [5.41, 5.74) is 2.55. The summed E-state index contributed by atoms with van der Waals surface area (Å²) in [6, 6.07) is 17.3. The molecule has 1 aliphatic heterocycles. The minimum absolute atomic E-state index is 0.271. The van der Waals surface area contributed by atoms with E-state index in [4.69, 9.17) is 9.47 Å². The fraction of sp³-hybridized carbons (Fsp3) is 0.250. The van der Waals surface area contributed by atoms with Gasteiger partial charge in [-0.15, -0.1) is 0 Å². The van der Waals surface area contributed by atoms with Gasteiger partial charge in [0.2, 0.25) is 0 Å². The van der Waals surface area contributed by atoms with E-state index in [-0.39, 0.29) is 12.6 Å². The molecule has 6 heteroatoms. The molecule has 0 saturated carbocycles. The summed E-state index contributed by atoms with van der Waals surface area (Å²) in [6.45, 7) is 1.67. The van der Waals surface area contributed by atoms with Crippen LogP contribution < -0.4 is 0 Å². The van der Waals surface area contributed by atoms with Crippen molar-refractivity contribution in [1.29, 1.82) is 0 Å². The lowest BCUT2D eigenvalue weighted by atomic mass is 10.1. The van der Waals surface area contributed by atoms with Crippen LogP contribution in [0.4, 0.5) is 0 Å². The van der Waals surface area contributed by atoms with Crippen molar-refractivity contribution in [2.75, 3.05) is 13.2 Å². The molecule has 26 heavy (non-hydrogen) atoms. The molecule has 4 rings (SSSR count). The Bertz CT molecular complexity index is 871. The number of carbonyl (C=O) groups excluding carboxylic acids is 1. The third-order valence-corrected chi connectivity index (χ3v) is 4.32. The van der Waals surface area contributed by atoms with Crippen LogP contribution in [0.1, 0.15) is 33.4 Å². The van der Waals surface area contributed by atoms with Crippen molar-refractivity contribution in [2.24, 2.45) is 0 Å². The van der Waals surface area contributed by atoms with Crippen molar-refractivity contribution in [2.45, 2.75) is 19.1 Å². The first-order chi connectivity index (χ1) is 12.8. The van der Waals surface area contributed by atoms with Crippen LogP contribution in [0.25, 0.3) is 0 Å². The Morgan fingerprint density at radius 2 is 1.85 bits per heavy atom. The molecule has 6 nitrogen and oxygen atoms in total. The molecule has 1 aromatic heterocycles. The van der Waals surface area contributed by atoms with E-state index in [0.717, 1.165) is 17.0 Å². The lowest BCUT2D eigenvalue weighted by molar-refractivity contribution is -0.0289. The molecule has 0 radical (unpaired) electrons. The zero-order valence-corrected chi connectivity index (χ0v) is 14.2. The van der Waals surface area contributed by atoms with Gasteiger partial charge in [-0.05, 0) is 23.3 Å². The fourth-order valence-electron chi connectivity index (χ4n) is 2.69. The molecule has 0 aliphatic carbocycles. The van der Waals surface area contributed by atoms with Gasteiger partial charge >= 0.3 is 5.97 Å². The molecule has 0 spiro atoms. The van der Waals surface area contributed by atoms with Crippen molar-refractivity contribution in [3.8, 4) is 0 Å². The Labute approximate surface area is 151 Å². The number of hydrogen-bond acceptors (Lipinski definition) is 5. The van der Waals surface area contributed by atoms with Gasteiger partial charge in [-0.2, -0.15) is 5.10 Å². The molecule has 0 N–H and O–H groups in total. The van der Waals surface area contributed by atoms with Crippen LogP contribution in [0, 0.1) is 0 Å². The molecule has 0 bridgehead atoms. The molecule has 2 heterocycles. The molecule has 0 atom stereocenters. The van der Waals surface area contributed by atoms with E-state index in [1.807, 2.05) is 47.1 Å². The highest BCUT2D eigenvalue weighted by Crippen LogP contribution is 2.16. The monoisotopic (exact) mass is 349 g/mol. The van der Waals surface area contributed by atoms with Gasteiger partial charge in [0.15, 0.2) is 5.82 Å². The van der Waals surface area contributed by atoms with Crippen molar-refractivity contribution >= 4 is 5.97 Å². The largest absolute Gasteiger partial charge is 0.457 e. The Kier molecular flexibility index (Phi) is 4.75. The lowest BCUT2D eigenvalue weighted by Gasteiger charge is -2.25. The zero-order valence-electron chi connectivity index (χ0n) is 14.2. The highest BCUT2D eigenvalue weighted by atomic mass is 16.5. The van der Waals surface area contributed by atoms with Crippen LogP contribution in [0.2, 0.25) is 0 Å². The van der Waals surface area contributed by atoms with E-state index in [1.54, 1.807) is 18.5 Å². The Balaban J connectivity index is 1.34. The van der Waals surface area contributed by atoms with E-state index in [1.165, 1.54) is 0 Å². The Morgan fingerprint density at radius 3 is 2.54 bits per heavy atom. The minimum atomic E-state index is -0.326. The third kappa shape index (κ3) is 3.81. The van der Waals surface area contributed by atoms with Crippen LogP contribution >= 0.6 is 0 Å². The van der Waals surface area contributed by atoms with Crippen molar-refractivity contribution < 1.29 is 14.3 Å². The van der Waals surface area contributed by atoms with Crippen LogP contribution in [0.3, 0.4) is 0 Å². The summed E-state index contributed by atoms with van der Waals surface area (Å²) >= 11 is 0. The van der Waals surface area contributed by atoms with Gasteiger partial charge in [-0.25, -0.2) is 14.5 Å². The summed E-state index contributed by atoms with van der Waals surface area (Å²) in [7, 11) is 0. The molecule has 1 fully saturated rings. The number of rotatable bonds is 6. The second kappa shape index (κ2) is 7.49. The third-order valence-electron chi connectivity index (χ3n) is 4.32. The van der Waals surface area contributed by atoms with E-state index in [2.05, 4.69) is 10.1 Å². The smallest absolute Gasteiger partial charge is 0.338 e. The zero-order chi connectivity index (χ0) is 17.8. The molecule has 0 unspecified atom stereocenters. The van der Waals surface area contributed by atoms with Crippen LogP contribution in [-0.4, -0.2) is 33.9 Å². The molecular formula is C20H19N3O3. The van der Waals surface area contributed by atoms with E-state index in [0.29, 0.717) is 31.2 Å². The van der Waals surface area contributed by atoms with Crippen molar-refractivity contribution in [3.05, 3.63) is 83.4 Å². The molecule has 1 aliphatic rings. The lowest BCUT2D eigenvalue weighted by Crippen LogP contribution is -2.31. The second-order valence-corrected chi connectivity index (χ2v) is 6.27. The topological polar surface area (TPSA) is 66.2 Å². The summed E-state index contributed by atoms with van der Waals surface area (Å²) in [5.74, 6) is 0.434. The first-order valence-electron chi connectivity index (χ1n) is 8.56. The highest BCUT2D eigenvalue weighted by Gasteiger charge is 2.21. The van der Waals surface area contributed by atoms with Crippen LogP contribution in [0.15, 0.2) is 60.9 Å². The highest BCUT2D eigenvalue weighted by molar-refractivity contribution is 5.89. The SMILES string of the molecule is O=C(OCc1ccccc1)c1ccc(Cc2ncn(C3COC3)n2)cc1. The number of nitrogens with zero attached hydrogens (tertiary/aromatic N) is 3. The number of esters is 1. The molecule has 2 aromatic carbocycles. The van der Waals surface area contributed by atoms with E-state index < -0.39 is 0 Å². The standard InChI is InChI=1S/C20H19N3O3/c24-20(26-11-16-4-2-1-3-5-16)17-8-6-15(7-9-17)10-19-21-14-23(22-19)18-12-25-13-18/h1-9,14,18H,10-13H2. The van der Waals surface area contributed by atoms with Crippen molar-refractivity contribution in [3.63, 3.8) is 0 Å².